The van der Waals surface area contributed by atoms with Crippen molar-refractivity contribution >= 4 is 16.7 Å². The fourth-order valence-electron chi connectivity index (χ4n) is 6.73. The zero-order chi connectivity index (χ0) is 32.3. The van der Waals surface area contributed by atoms with Gasteiger partial charge in [-0.25, -0.2) is 4.98 Å². The summed E-state index contributed by atoms with van der Waals surface area (Å²) in [5.74, 6) is 0.886. The Morgan fingerprint density at radius 2 is 1.26 bits per heavy atom. The van der Waals surface area contributed by atoms with Crippen molar-refractivity contribution in [3.8, 4) is 11.1 Å². The first-order chi connectivity index (χ1) is 22.9. The van der Waals surface area contributed by atoms with Crippen LogP contribution >= 0.6 is 0 Å². The number of fused-ring (bicyclic) bond motifs is 1. The third kappa shape index (κ3) is 5.85. The van der Waals surface area contributed by atoms with Crippen LogP contribution in [0.5, 0.6) is 0 Å². The Balaban J connectivity index is 1.13. The van der Waals surface area contributed by atoms with Crippen molar-refractivity contribution in [1.29, 1.82) is 0 Å². The van der Waals surface area contributed by atoms with Crippen molar-refractivity contribution in [3.63, 3.8) is 0 Å². The van der Waals surface area contributed by atoms with Gasteiger partial charge in [-0.1, -0.05) is 148 Å². The van der Waals surface area contributed by atoms with Crippen LogP contribution in [0, 0.1) is 0 Å². The molecule has 0 fully saturated rings. The van der Waals surface area contributed by atoms with Gasteiger partial charge in [-0.3, -0.25) is 5.10 Å². The van der Waals surface area contributed by atoms with Crippen LogP contribution in [0.4, 0.5) is 5.82 Å². The lowest BCUT2D eigenvalue weighted by atomic mass is 9.77. The topological polar surface area (TPSA) is 58.5 Å². The molecule has 0 aliphatic rings. The first-order valence-electron chi connectivity index (χ1n) is 16.5. The van der Waals surface area contributed by atoms with E-state index < -0.39 is 5.54 Å². The minimum Gasteiger partial charge on any atom is -0.368 e. The van der Waals surface area contributed by atoms with E-state index in [4.69, 9.17) is 4.98 Å². The Labute approximate surface area is 277 Å². The molecule has 0 saturated carbocycles. The number of rotatable bonds is 10. The van der Waals surface area contributed by atoms with E-state index in [2.05, 4.69) is 181 Å². The van der Waals surface area contributed by atoms with E-state index in [1.807, 2.05) is 6.33 Å². The van der Waals surface area contributed by atoms with E-state index in [1.165, 1.54) is 33.4 Å². The minimum atomic E-state index is -0.553. The summed E-state index contributed by atoms with van der Waals surface area (Å²) in [6, 6.07) is 47.5. The molecular formula is C42H41N5. The Morgan fingerprint density at radius 3 is 1.83 bits per heavy atom. The molecule has 234 valence electrons. The fourth-order valence-corrected chi connectivity index (χ4v) is 6.73. The number of nitrogens with zero attached hydrogens (tertiary/aromatic N) is 3. The summed E-state index contributed by atoms with van der Waals surface area (Å²) in [5, 5.41) is 12.6. The molecule has 0 radical (unpaired) electrons. The predicted octanol–water partition coefficient (Wildman–Crippen LogP) is 9.61. The molecule has 0 amide bonds. The second-order valence-electron chi connectivity index (χ2n) is 13.2. The molecule has 5 nitrogen and oxygen atoms in total. The third-order valence-electron chi connectivity index (χ3n) is 9.15. The van der Waals surface area contributed by atoms with E-state index in [1.54, 1.807) is 0 Å². The number of aryl methyl sites for hydroxylation is 1. The highest BCUT2D eigenvalue weighted by Crippen LogP contribution is 2.41. The summed E-state index contributed by atoms with van der Waals surface area (Å²) >= 11 is 0. The molecule has 2 N–H and O–H groups in total. The molecule has 7 rings (SSSR count). The van der Waals surface area contributed by atoms with Gasteiger partial charge in [-0.15, -0.1) is 0 Å². The van der Waals surface area contributed by atoms with Crippen molar-refractivity contribution in [2.75, 3.05) is 11.9 Å². The number of imidazole rings is 1. The lowest BCUT2D eigenvalue weighted by Gasteiger charge is -2.37. The average molecular weight is 616 g/mol. The molecule has 5 heteroatoms. The number of H-pyrrole nitrogens is 1. The van der Waals surface area contributed by atoms with Gasteiger partial charge in [0.25, 0.3) is 0 Å². The number of benzene rings is 5. The second kappa shape index (κ2) is 12.8. The summed E-state index contributed by atoms with van der Waals surface area (Å²) < 4.78 is 2.29. The first-order valence-corrected chi connectivity index (χ1v) is 16.5. The second-order valence-corrected chi connectivity index (χ2v) is 13.2. The quantitative estimate of drug-likeness (QED) is 0.119. The summed E-state index contributed by atoms with van der Waals surface area (Å²) in [7, 11) is 0. The zero-order valence-electron chi connectivity index (χ0n) is 27.3. The molecular weight excluding hydrogens is 574 g/mol. The molecule has 0 aliphatic carbocycles. The summed E-state index contributed by atoms with van der Waals surface area (Å²) in [4.78, 5) is 4.93. The van der Waals surface area contributed by atoms with Crippen LogP contribution in [0.1, 0.15) is 55.1 Å². The zero-order valence-corrected chi connectivity index (χ0v) is 27.3. The highest BCUT2D eigenvalue weighted by molar-refractivity contribution is 6.02. The molecule has 7 aromatic rings. The molecule has 0 aliphatic heterocycles. The molecule has 0 saturated heterocycles. The molecule has 2 heterocycles. The average Bonchev–Trinajstić information content (AvgIpc) is 3.76. The van der Waals surface area contributed by atoms with Crippen molar-refractivity contribution in [3.05, 3.63) is 174 Å². The van der Waals surface area contributed by atoms with Gasteiger partial charge in [0, 0.05) is 12.7 Å². The van der Waals surface area contributed by atoms with Gasteiger partial charge < -0.3 is 9.88 Å². The molecule has 2 aromatic heterocycles. The van der Waals surface area contributed by atoms with Gasteiger partial charge in [-0.05, 0) is 57.7 Å². The maximum Gasteiger partial charge on any atom is 0.156 e. The standard InChI is InChI=1S/C42H41N5/c1-41(2,3)32-26-24-31(25-27-32)37-22-13-23-38-39(37)40(46-45-38)43-28-14-21-36-29-47(30-44-36)42(33-15-7-4-8-16-33,34-17-9-5-10-18-34)35-19-11-6-12-20-35/h4-13,15-20,22-27,29-30H,14,21,28H2,1-3H3,(H2,43,45,46). The number of hydrogen-bond donors (Lipinski definition) is 2. The lowest BCUT2D eigenvalue weighted by Crippen LogP contribution is -2.36. The first kappa shape index (κ1) is 30.2. The monoisotopic (exact) mass is 615 g/mol. The van der Waals surface area contributed by atoms with Crippen LogP contribution in [0.15, 0.2) is 146 Å². The van der Waals surface area contributed by atoms with Crippen molar-refractivity contribution in [2.45, 2.75) is 44.6 Å². The van der Waals surface area contributed by atoms with Gasteiger partial charge >= 0.3 is 0 Å². The fraction of sp³-hybridized carbons (Fsp3) is 0.190. The van der Waals surface area contributed by atoms with Gasteiger partial charge in [0.05, 0.1) is 22.9 Å². The van der Waals surface area contributed by atoms with Crippen molar-refractivity contribution < 1.29 is 0 Å². The summed E-state index contributed by atoms with van der Waals surface area (Å²) in [5.41, 5.74) is 8.93. The predicted molar refractivity (Wildman–Crippen MR) is 194 cm³/mol. The van der Waals surface area contributed by atoms with Crippen molar-refractivity contribution in [1.82, 2.24) is 19.7 Å². The molecule has 0 unspecified atom stereocenters. The maximum absolute atomic E-state index is 4.93. The van der Waals surface area contributed by atoms with Crippen LogP contribution in [-0.4, -0.2) is 26.3 Å². The van der Waals surface area contributed by atoms with Crippen LogP contribution in [0.3, 0.4) is 0 Å². The largest absolute Gasteiger partial charge is 0.368 e. The SMILES string of the molecule is CC(C)(C)c1ccc(-c2cccc3[nH]nc(NCCCc4cn(C(c5ccccc5)(c5ccccc5)c5ccccc5)cn4)c23)cc1. The smallest absolute Gasteiger partial charge is 0.156 e. The molecule has 0 bridgehead atoms. The lowest BCUT2D eigenvalue weighted by molar-refractivity contribution is 0.514. The number of aromatic nitrogens is 4. The van der Waals surface area contributed by atoms with E-state index in [9.17, 15) is 0 Å². The molecule has 0 spiro atoms. The third-order valence-corrected chi connectivity index (χ3v) is 9.15. The van der Waals surface area contributed by atoms with E-state index >= 15 is 0 Å². The van der Waals surface area contributed by atoms with Crippen LogP contribution in [0.2, 0.25) is 0 Å². The van der Waals surface area contributed by atoms with Gasteiger partial charge in [0.2, 0.25) is 0 Å². The number of nitrogens with one attached hydrogen (secondary N) is 2. The van der Waals surface area contributed by atoms with Crippen LogP contribution in [0.25, 0.3) is 22.0 Å². The highest BCUT2D eigenvalue weighted by Gasteiger charge is 2.38. The van der Waals surface area contributed by atoms with Gasteiger partial charge in [0.15, 0.2) is 5.82 Å². The minimum absolute atomic E-state index is 0.120. The van der Waals surface area contributed by atoms with Crippen molar-refractivity contribution in [2.24, 2.45) is 0 Å². The Morgan fingerprint density at radius 1 is 0.660 bits per heavy atom. The summed E-state index contributed by atoms with van der Waals surface area (Å²) in [6.45, 7) is 7.53. The summed E-state index contributed by atoms with van der Waals surface area (Å²) in [6.07, 6.45) is 5.98. The molecule has 0 atom stereocenters. The van der Waals surface area contributed by atoms with E-state index in [0.29, 0.717) is 0 Å². The van der Waals surface area contributed by atoms with Crippen LogP contribution in [-0.2, 0) is 17.4 Å². The van der Waals surface area contributed by atoms with Crippen LogP contribution < -0.4 is 5.32 Å². The maximum atomic E-state index is 4.93. The van der Waals surface area contributed by atoms with Gasteiger partial charge in [0.1, 0.15) is 5.54 Å². The normalized spacial score (nSPS) is 12.0. The highest BCUT2D eigenvalue weighted by atomic mass is 15.2. The molecule has 5 aromatic carbocycles. The number of anilines is 1. The Bertz CT molecular complexity index is 1950. The van der Waals surface area contributed by atoms with E-state index in [-0.39, 0.29) is 5.41 Å². The Kier molecular flexibility index (Phi) is 8.21. The number of hydrogen-bond acceptors (Lipinski definition) is 3. The molecule has 47 heavy (non-hydrogen) atoms. The number of aromatic amines is 1. The van der Waals surface area contributed by atoms with Gasteiger partial charge in [-0.2, -0.15) is 5.10 Å². The Hall–Kier alpha value is -5.42. The van der Waals surface area contributed by atoms with E-state index in [0.717, 1.165) is 41.8 Å².